The summed E-state index contributed by atoms with van der Waals surface area (Å²) < 4.78 is 26.2. The van der Waals surface area contributed by atoms with Crippen LogP contribution in [-0.2, 0) is 0 Å². The van der Waals surface area contributed by atoms with E-state index in [9.17, 15) is 8.78 Å². The molecule has 0 radical (unpaired) electrons. The molecule has 0 aliphatic heterocycles. The van der Waals surface area contributed by atoms with Crippen LogP contribution in [0.5, 0.6) is 0 Å². The van der Waals surface area contributed by atoms with Crippen molar-refractivity contribution in [2.45, 2.75) is 52.1 Å². The molecule has 0 saturated heterocycles. The number of hydrogen-bond acceptors (Lipinski definition) is 1. The molecule has 0 heterocycles. The van der Waals surface area contributed by atoms with Crippen LogP contribution < -0.4 is 5.32 Å². The van der Waals surface area contributed by atoms with Gasteiger partial charge in [-0.2, -0.15) is 0 Å². The van der Waals surface area contributed by atoms with E-state index in [2.05, 4.69) is 19.2 Å². The van der Waals surface area contributed by atoms with Crippen molar-refractivity contribution in [1.29, 1.82) is 0 Å². The number of nitrogens with one attached hydrogen (secondary N) is 1. The van der Waals surface area contributed by atoms with E-state index >= 15 is 0 Å². The maximum Gasteiger partial charge on any atom is 0.159 e. The summed E-state index contributed by atoms with van der Waals surface area (Å²) in [5, 5.41) is 3.57. The van der Waals surface area contributed by atoms with Crippen LogP contribution in [0.4, 0.5) is 8.78 Å². The molecule has 0 amide bonds. The maximum atomic E-state index is 13.3. The van der Waals surface area contributed by atoms with Crippen LogP contribution in [-0.4, -0.2) is 6.04 Å². The lowest BCUT2D eigenvalue weighted by atomic mass is 9.77. The van der Waals surface area contributed by atoms with Gasteiger partial charge in [-0.25, -0.2) is 8.78 Å². The molecule has 1 nitrogen and oxygen atoms in total. The van der Waals surface area contributed by atoms with Gasteiger partial charge in [0, 0.05) is 12.1 Å². The van der Waals surface area contributed by atoms with E-state index in [1.807, 2.05) is 6.92 Å². The fourth-order valence-corrected chi connectivity index (χ4v) is 3.02. The van der Waals surface area contributed by atoms with Crippen LogP contribution in [0.3, 0.4) is 0 Å². The van der Waals surface area contributed by atoms with Gasteiger partial charge in [0.1, 0.15) is 0 Å². The number of hydrogen-bond donors (Lipinski definition) is 1. The zero-order chi connectivity index (χ0) is 14.0. The average molecular weight is 267 g/mol. The molecule has 4 atom stereocenters. The first kappa shape index (κ1) is 14.4. The van der Waals surface area contributed by atoms with Crippen molar-refractivity contribution in [3.8, 4) is 0 Å². The minimum atomic E-state index is -0.782. The second kappa shape index (κ2) is 6.00. The molecule has 1 aromatic rings. The lowest BCUT2D eigenvalue weighted by Crippen LogP contribution is -2.41. The topological polar surface area (TPSA) is 12.0 Å². The normalized spacial score (nSPS) is 29.2. The van der Waals surface area contributed by atoms with Crippen LogP contribution in [0.15, 0.2) is 18.2 Å². The molecule has 0 aromatic heterocycles. The van der Waals surface area contributed by atoms with Crippen LogP contribution in [0.2, 0.25) is 0 Å². The summed E-state index contributed by atoms with van der Waals surface area (Å²) in [7, 11) is 0. The second-order valence-corrected chi connectivity index (χ2v) is 5.94. The van der Waals surface area contributed by atoms with Gasteiger partial charge in [-0.1, -0.05) is 32.8 Å². The number of rotatable bonds is 3. The summed E-state index contributed by atoms with van der Waals surface area (Å²) in [4.78, 5) is 0. The molecule has 0 spiro atoms. The van der Waals surface area contributed by atoms with Crippen LogP contribution >= 0.6 is 0 Å². The Labute approximate surface area is 114 Å². The van der Waals surface area contributed by atoms with Gasteiger partial charge in [-0.05, 0) is 42.9 Å². The van der Waals surface area contributed by atoms with Gasteiger partial charge in [0.2, 0.25) is 0 Å². The zero-order valence-corrected chi connectivity index (χ0v) is 11.9. The van der Waals surface area contributed by atoms with Crippen molar-refractivity contribution in [2.75, 3.05) is 0 Å². The van der Waals surface area contributed by atoms with Gasteiger partial charge in [-0.15, -0.1) is 0 Å². The van der Waals surface area contributed by atoms with Crippen molar-refractivity contribution in [1.82, 2.24) is 5.32 Å². The molecule has 1 aliphatic carbocycles. The van der Waals surface area contributed by atoms with Gasteiger partial charge in [-0.3, -0.25) is 0 Å². The average Bonchev–Trinajstić information content (AvgIpc) is 2.38. The molecule has 106 valence electrons. The highest BCUT2D eigenvalue weighted by Crippen LogP contribution is 2.31. The lowest BCUT2D eigenvalue weighted by Gasteiger charge is -2.36. The second-order valence-electron chi connectivity index (χ2n) is 5.94. The molecule has 1 saturated carbocycles. The Balaban J connectivity index is 2.03. The largest absolute Gasteiger partial charge is 0.307 e. The fraction of sp³-hybridized carbons (Fsp3) is 0.625. The highest BCUT2D eigenvalue weighted by atomic mass is 19.2. The third-order valence-electron chi connectivity index (χ3n) is 4.61. The van der Waals surface area contributed by atoms with Gasteiger partial charge in [0.05, 0.1) is 0 Å². The van der Waals surface area contributed by atoms with Crippen LogP contribution in [0.1, 0.15) is 51.6 Å². The van der Waals surface area contributed by atoms with Gasteiger partial charge in [0.25, 0.3) is 0 Å². The van der Waals surface area contributed by atoms with E-state index in [-0.39, 0.29) is 6.04 Å². The summed E-state index contributed by atoms with van der Waals surface area (Å²) in [5.74, 6) is -0.197. The Kier molecular flexibility index (Phi) is 4.56. The Morgan fingerprint density at radius 1 is 1.16 bits per heavy atom. The standard InChI is InChI=1S/C16H23F2N/c1-10-5-4-6-16(11(10)2)19-12(3)13-7-8-14(17)15(18)9-13/h7-12,16,19H,4-6H2,1-3H3. The summed E-state index contributed by atoms with van der Waals surface area (Å²) in [6.07, 6.45) is 3.70. The van der Waals surface area contributed by atoms with E-state index in [0.29, 0.717) is 12.0 Å². The smallest absolute Gasteiger partial charge is 0.159 e. The monoisotopic (exact) mass is 267 g/mol. The molecular formula is C16H23F2N. The van der Waals surface area contributed by atoms with Crippen molar-refractivity contribution >= 4 is 0 Å². The van der Waals surface area contributed by atoms with Crippen LogP contribution in [0, 0.1) is 23.5 Å². The number of benzene rings is 1. The molecule has 2 rings (SSSR count). The summed E-state index contributed by atoms with van der Waals surface area (Å²) in [6.45, 7) is 6.58. The number of halogens is 2. The predicted octanol–water partition coefficient (Wildman–Crippen LogP) is 4.44. The molecule has 4 unspecified atom stereocenters. The fourth-order valence-electron chi connectivity index (χ4n) is 3.02. The molecule has 1 fully saturated rings. The predicted molar refractivity (Wildman–Crippen MR) is 73.9 cm³/mol. The summed E-state index contributed by atoms with van der Waals surface area (Å²) in [6, 6.07) is 4.67. The molecule has 3 heteroatoms. The van der Waals surface area contributed by atoms with E-state index in [4.69, 9.17) is 0 Å². The third kappa shape index (κ3) is 3.33. The Hall–Kier alpha value is -0.960. The van der Waals surface area contributed by atoms with E-state index in [0.717, 1.165) is 11.5 Å². The molecule has 0 bridgehead atoms. The van der Waals surface area contributed by atoms with Gasteiger partial charge >= 0.3 is 0 Å². The Bertz CT molecular complexity index is 433. The highest BCUT2D eigenvalue weighted by molar-refractivity contribution is 5.21. The molecule has 1 N–H and O–H groups in total. The van der Waals surface area contributed by atoms with Crippen molar-refractivity contribution in [2.24, 2.45) is 11.8 Å². The SMILES string of the molecule is CC(NC1CCCC(C)C1C)c1ccc(F)c(F)c1. The Morgan fingerprint density at radius 2 is 1.89 bits per heavy atom. The van der Waals surface area contributed by atoms with Crippen LogP contribution in [0.25, 0.3) is 0 Å². The maximum absolute atomic E-state index is 13.3. The summed E-state index contributed by atoms with van der Waals surface area (Å²) in [5.41, 5.74) is 0.810. The van der Waals surface area contributed by atoms with Crippen molar-refractivity contribution in [3.05, 3.63) is 35.4 Å². The highest BCUT2D eigenvalue weighted by Gasteiger charge is 2.28. The van der Waals surface area contributed by atoms with Crippen molar-refractivity contribution < 1.29 is 8.78 Å². The third-order valence-corrected chi connectivity index (χ3v) is 4.61. The summed E-state index contributed by atoms with van der Waals surface area (Å²) >= 11 is 0. The first-order chi connectivity index (χ1) is 8.99. The first-order valence-electron chi connectivity index (χ1n) is 7.20. The minimum absolute atomic E-state index is 0.0489. The van der Waals surface area contributed by atoms with E-state index in [1.165, 1.54) is 31.4 Å². The zero-order valence-electron chi connectivity index (χ0n) is 11.9. The van der Waals surface area contributed by atoms with Gasteiger partial charge < -0.3 is 5.32 Å². The molecule has 19 heavy (non-hydrogen) atoms. The minimum Gasteiger partial charge on any atom is -0.307 e. The van der Waals surface area contributed by atoms with Crippen molar-refractivity contribution in [3.63, 3.8) is 0 Å². The quantitative estimate of drug-likeness (QED) is 0.853. The molecule has 1 aliphatic rings. The lowest BCUT2D eigenvalue weighted by molar-refractivity contribution is 0.196. The first-order valence-corrected chi connectivity index (χ1v) is 7.20. The Morgan fingerprint density at radius 3 is 2.58 bits per heavy atom. The molecule has 1 aromatic carbocycles. The molecular weight excluding hydrogens is 244 g/mol. The van der Waals surface area contributed by atoms with E-state index in [1.54, 1.807) is 6.07 Å². The van der Waals surface area contributed by atoms with Gasteiger partial charge in [0.15, 0.2) is 11.6 Å². The van der Waals surface area contributed by atoms with E-state index < -0.39 is 11.6 Å².